The van der Waals surface area contributed by atoms with Crippen molar-refractivity contribution in [1.82, 2.24) is 9.97 Å². The van der Waals surface area contributed by atoms with Crippen LogP contribution in [0.2, 0.25) is 0 Å². The molecule has 2 atom stereocenters. The Morgan fingerprint density at radius 1 is 1.50 bits per heavy atom. The lowest BCUT2D eigenvalue weighted by atomic mass is 10.2. The fourth-order valence-electron chi connectivity index (χ4n) is 2.55. The van der Waals surface area contributed by atoms with Crippen LogP contribution >= 0.6 is 11.3 Å². The molecule has 0 aliphatic heterocycles. The number of aromatic nitrogens is 2. The maximum Gasteiger partial charge on any atom is 0.286 e. The number of fused-ring (bicyclic) bond motifs is 1. The number of nitrogens with zero attached hydrogens (tertiary/aromatic N) is 2. The third kappa shape index (κ3) is 2.46. The lowest BCUT2D eigenvalue weighted by Gasteiger charge is -2.14. The van der Waals surface area contributed by atoms with Crippen LogP contribution in [-0.2, 0) is 4.74 Å². The van der Waals surface area contributed by atoms with Gasteiger partial charge in [-0.1, -0.05) is 0 Å². The Morgan fingerprint density at radius 2 is 2.35 bits per heavy atom. The number of methoxy groups -OCH3 is 1. The summed E-state index contributed by atoms with van der Waals surface area (Å²) in [5.41, 5.74) is 5.29. The average molecular weight is 292 g/mol. The van der Waals surface area contributed by atoms with Crippen molar-refractivity contribution in [2.45, 2.75) is 31.4 Å². The van der Waals surface area contributed by atoms with Crippen molar-refractivity contribution >= 4 is 33.3 Å². The molecule has 0 aromatic carbocycles. The standard InChI is InChI=1S/C13H16N4O2S/c1-19-8-3-2-7(6-8)15-11-9-4-5-20-13(9)17-12(16-11)10(14)18/h4-5,7-8H,2-3,6H2,1H3,(H2,14,18)(H,15,16,17)/t7?,8-/m0/s1. The summed E-state index contributed by atoms with van der Waals surface area (Å²) in [6.07, 6.45) is 3.30. The van der Waals surface area contributed by atoms with E-state index in [4.69, 9.17) is 10.5 Å². The van der Waals surface area contributed by atoms with Crippen LogP contribution in [0.1, 0.15) is 29.9 Å². The van der Waals surface area contributed by atoms with E-state index in [-0.39, 0.29) is 5.82 Å². The van der Waals surface area contributed by atoms with Gasteiger partial charge in [0.2, 0.25) is 5.82 Å². The van der Waals surface area contributed by atoms with E-state index in [0.29, 0.717) is 18.0 Å². The lowest BCUT2D eigenvalue weighted by Crippen LogP contribution is -2.21. The van der Waals surface area contributed by atoms with Crippen LogP contribution in [-0.4, -0.2) is 35.1 Å². The molecule has 1 aliphatic rings. The van der Waals surface area contributed by atoms with Crippen molar-refractivity contribution < 1.29 is 9.53 Å². The van der Waals surface area contributed by atoms with Crippen molar-refractivity contribution in [3.63, 3.8) is 0 Å². The largest absolute Gasteiger partial charge is 0.381 e. The van der Waals surface area contributed by atoms with Crippen LogP contribution in [0, 0.1) is 0 Å². The first kappa shape index (κ1) is 13.3. The Morgan fingerprint density at radius 3 is 3.05 bits per heavy atom. The quantitative estimate of drug-likeness (QED) is 0.896. The zero-order valence-corrected chi connectivity index (χ0v) is 11.9. The fraction of sp³-hybridized carbons (Fsp3) is 0.462. The molecule has 106 valence electrons. The van der Waals surface area contributed by atoms with E-state index in [1.807, 2.05) is 11.4 Å². The summed E-state index contributed by atoms with van der Waals surface area (Å²) in [5, 5.41) is 6.26. The molecule has 0 spiro atoms. The highest BCUT2D eigenvalue weighted by molar-refractivity contribution is 7.16. The van der Waals surface area contributed by atoms with Crippen molar-refractivity contribution in [2.75, 3.05) is 12.4 Å². The summed E-state index contributed by atoms with van der Waals surface area (Å²) in [5.74, 6) is 0.139. The molecular weight excluding hydrogens is 276 g/mol. The van der Waals surface area contributed by atoms with Gasteiger partial charge in [-0.15, -0.1) is 11.3 Å². The molecule has 3 N–H and O–H groups in total. The zero-order valence-electron chi connectivity index (χ0n) is 11.1. The third-order valence-corrected chi connectivity index (χ3v) is 4.41. The van der Waals surface area contributed by atoms with Crippen molar-refractivity contribution in [3.05, 3.63) is 17.3 Å². The predicted molar refractivity (Wildman–Crippen MR) is 78.0 cm³/mol. The van der Waals surface area contributed by atoms with E-state index in [1.165, 1.54) is 11.3 Å². The summed E-state index contributed by atoms with van der Waals surface area (Å²) in [6.45, 7) is 0. The first-order valence-corrected chi connectivity index (χ1v) is 7.39. The number of rotatable bonds is 4. The van der Waals surface area contributed by atoms with Crippen LogP contribution in [0.15, 0.2) is 11.4 Å². The topological polar surface area (TPSA) is 90.1 Å². The lowest BCUT2D eigenvalue weighted by molar-refractivity contribution is 0.0990. The molecule has 1 fully saturated rings. The normalized spacial score (nSPS) is 22.2. The molecule has 7 heteroatoms. The van der Waals surface area contributed by atoms with E-state index < -0.39 is 5.91 Å². The average Bonchev–Trinajstić information content (AvgIpc) is 3.06. The minimum absolute atomic E-state index is 0.0590. The zero-order chi connectivity index (χ0) is 14.1. The van der Waals surface area contributed by atoms with Crippen LogP contribution in [0.3, 0.4) is 0 Å². The second kappa shape index (κ2) is 5.34. The molecule has 1 amide bonds. The van der Waals surface area contributed by atoms with Gasteiger partial charge in [-0.25, -0.2) is 9.97 Å². The number of thiophene rings is 1. The summed E-state index contributed by atoms with van der Waals surface area (Å²) >= 11 is 1.47. The Balaban J connectivity index is 1.90. The number of nitrogens with one attached hydrogen (secondary N) is 1. The van der Waals surface area contributed by atoms with Gasteiger partial charge >= 0.3 is 0 Å². The molecule has 1 unspecified atom stereocenters. The van der Waals surface area contributed by atoms with Gasteiger partial charge in [-0.05, 0) is 30.7 Å². The smallest absolute Gasteiger partial charge is 0.286 e. The second-order valence-corrected chi connectivity index (χ2v) is 5.81. The summed E-state index contributed by atoms with van der Waals surface area (Å²) < 4.78 is 5.37. The van der Waals surface area contributed by atoms with Gasteiger partial charge in [0.1, 0.15) is 10.6 Å². The second-order valence-electron chi connectivity index (χ2n) is 4.91. The summed E-state index contributed by atoms with van der Waals surface area (Å²) in [4.78, 5) is 20.5. The van der Waals surface area contributed by atoms with E-state index in [2.05, 4.69) is 15.3 Å². The molecule has 3 rings (SSSR count). The highest BCUT2D eigenvalue weighted by atomic mass is 32.1. The van der Waals surface area contributed by atoms with Crippen LogP contribution in [0.4, 0.5) is 5.82 Å². The van der Waals surface area contributed by atoms with Crippen molar-refractivity contribution in [2.24, 2.45) is 5.73 Å². The van der Waals surface area contributed by atoms with E-state index >= 15 is 0 Å². The number of amides is 1. The Labute approximate surface area is 120 Å². The number of primary amides is 1. The number of ether oxygens (including phenoxy) is 1. The van der Waals surface area contributed by atoms with Gasteiger partial charge < -0.3 is 15.8 Å². The molecule has 2 heterocycles. The summed E-state index contributed by atoms with van der Waals surface area (Å²) in [6, 6.07) is 2.26. The maximum atomic E-state index is 11.3. The van der Waals surface area contributed by atoms with Gasteiger partial charge in [0, 0.05) is 13.2 Å². The number of hydrogen-bond acceptors (Lipinski definition) is 6. The van der Waals surface area contributed by atoms with Crippen LogP contribution in [0.5, 0.6) is 0 Å². The number of hydrogen-bond donors (Lipinski definition) is 2. The molecular formula is C13H16N4O2S. The number of anilines is 1. The first-order valence-electron chi connectivity index (χ1n) is 6.51. The SMILES string of the molecule is CO[C@H]1CCC(Nc2nc(C(N)=O)nc3sccc23)C1. The Hall–Kier alpha value is -1.73. The molecule has 0 bridgehead atoms. The highest BCUT2D eigenvalue weighted by Gasteiger charge is 2.25. The van der Waals surface area contributed by atoms with Crippen LogP contribution < -0.4 is 11.1 Å². The van der Waals surface area contributed by atoms with Gasteiger partial charge in [0.15, 0.2) is 0 Å². The van der Waals surface area contributed by atoms with Gasteiger partial charge in [-0.3, -0.25) is 4.79 Å². The van der Waals surface area contributed by atoms with Gasteiger partial charge in [-0.2, -0.15) is 0 Å². The third-order valence-electron chi connectivity index (χ3n) is 3.60. The molecule has 1 saturated carbocycles. The maximum absolute atomic E-state index is 11.3. The highest BCUT2D eigenvalue weighted by Crippen LogP contribution is 2.29. The molecule has 2 aromatic heterocycles. The van der Waals surface area contributed by atoms with E-state index in [0.717, 1.165) is 29.5 Å². The Bertz CT molecular complexity index is 642. The monoisotopic (exact) mass is 292 g/mol. The minimum Gasteiger partial charge on any atom is -0.381 e. The van der Waals surface area contributed by atoms with Gasteiger partial charge in [0.25, 0.3) is 5.91 Å². The molecule has 6 nitrogen and oxygen atoms in total. The van der Waals surface area contributed by atoms with Crippen molar-refractivity contribution in [3.8, 4) is 0 Å². The van der Waals surface area contributed by atoms with Crippen molar-refractivity contribution in [1.29, 1.82) is 0 Å². The number of carbonyl (C=O) groups excluding carboxylic acids is 1. The van der Waals surface area contributed by atoms with E-state index in [1.54, 1.807) is 7.11 Å². The predicted octanol–water partition coefficient (Wildman–Crippen LogP) is 1.77. The van der Waals surface area contributed by atoms with Gasteiger partial charge in [0.05, 0.1) is 11.5 Å². The molecule has 2 aromatic rings. The summed E-state index contributed by atoms with van der Waals surface area (Å²) in [7, 11) is 1.74. The van der Waals surface area contributed by atoms with Crippen LogP contribution in [0.25, 0.3) is 10.2 Å². The fourth-order valence-corrected chi connectivity index (χ4v) is 3.32. The minimum atomic E-state index is -0.607. The Kier molecular flexibility index (Phi) is 3.54. The van der Waals surface area contributed by atoms with E-state index in [9.17, 15) is 4.79 Å². The molecule has 0 radical (unpaired) electrons. The number of carbonyl (C=O) groups is 1. The molecule has 20 heavy (non-hydrogen) atoms. The molecule has 0 saturated heterocycles. The first-order chi connectivity index (χ1) is 9.67. The number of nitrogens with two attached hydrogens (primary N) is 1. The molecule has 1 aliphatic carbocycles.